The number of likely N-dealkylation sites (tertiary alicyclic amines) is 1. The molecule has 4 rings (SSSR count). The predicted molar refractivity (Wildman–Crippen MR) is 101 cm³/mol. The molecular formula is C19H21BrN2OS. The molecule has 1 fully saturated rings. The first-order valence-electron chi connectivity index (χ1n) is 8.51. The molecule has 0 saturated carbocycles. The van der Waals surface area contributed by atoms with Gasteiger partial charge in [-0.2, -0.15) is 0 Å². The molecule has 1 aromatic carbocycles. The number of carbonyl (C=O) groups is 1. The maximum absolute atomic E-state index is 12.4. The number of hydrogen-bond acceptors (Lipinski definition) is 3. The van der Waals surface area contributed by atoms with Gasteiger partial charge in [-0.15, -0.1) is 11.3 Å². The summed E-state index contributed by atoms with van der Waals surface area (Å²) in [4.78, 5) is 18.5. The Morgan fingerprint density at radius 3 is 2.92 bits per heavy atom. The van der Waals surface area contributed by atoms with Crippen LogP contribution in [0.15, 0.2) is 40.2 Å². The summed E-state index contributed by atoms with van der Waals surface area (Å²) in [7, 11) is 0. The summed E-state index contributed by atoms with van der Waals surface area (Å²) in [5.41, 5.74) is 2.70. The van der Waals surface area contributed by atoms with Crippen LogP contribution in [0, 0.1) is 0 Å². The lowest BCUT2D eigenvalue weighted by molar-refractivity contribution is -0.138. The van der Waals surface area contributed by atoms with E-state index in [4.69, 9.17) is 0 Å². The Labute approximate surface area is 155 Å². The van der Waals surface area contributed by atoms with Crippen LogP contribution in [0.4, 0.5) is 0 Å². The number of benzene rings is 1. The molecule has 24 heavy (non-hydrogen) atoms. The summed E-state index contributed by atoms with van der Waals surface area (Å²) in [6.45, 7) is 3.99. The minimum atomic E-state index is 0.287. The maximum atomic E-state index is 12.4. The molecular weight excluding hydrogens is 384 g/mol. The van der Waals surface area contributed by atoms with Crippen LogP contribution in [0.1, 0.15) is 22.4 Å². The van der Waals surface area contributed by atoms with E-state index in [1.54, 1.807) is 4.88 Å². The largest absolute Gasteiger partial charge is 0.339 e. The molecule has 0 unspecified atom stereocenters. The van der Waals surface area contributed by atoms with Crippen molar-refractivity contribution in [3.05, 3.63) is 56.2 Å². The van der Waals surface area contributed by atoms with Crippen molar-refractivity contribution >= 4 is 33.2 Å². The van der Waals surface area contributed by atoms with E-state index in [2.05, 4.69) is 38.3 Å². The molecule has 0 bridgehead atoms. The minimum absolute atomic E-state index is 0.287. The van der Waals surface area contributed by atoms with E-state index in [9.17, 15) is 4.79 Å². The summed E-state index contributed by atoms with van der Waals surface area (Å²) in [5, 5.41) is 2.20. The predicted octanol–water partition coefficient (Wildman–Crippen LogP) is 3.71. The zero-order chi connectivity index (χ0) is 16.5. The third kappa shape index (κ3) is 3.30. The second kappa shape index (κ2) is 6.98. The van der Waals surface area contributed by atoms with Crippen molar-refractivity contribution < 1.29 is 4.79 Å². The van der Waals surface area contributed by atoms with E-state index in [0.717, 1.165) is 37.1 Å². The lowest BCUT2D eigenvalue weighted by Crippen LogP contribution is -2.61. The molecule has 1 saturated heterocycles. The van der Waals surface area contributed by atoms with E-state index in [1.165, 1.54) is 17.5 Å². The molecule has 5 heteroatoms. The number of thiophene rings is 1. The van der Waals surface area contributed by atoms with Crippen LogP contribution in [-0.4, -0.2) is 41.4 Å². The molecule has 0 N–H and O–H groups in total. The van der Waals surface area contributed by atoms with Crippen molar-refractivity contribution in [2.24, 2.45) is 0 Å². The number of aryl methyl sites for hydroxylation is 1. The molecule has 3 nitrogen and oxygen atoms in total. The normalized spacial score (nSPS) is 18.3. The van der Waals surface area contributed by atoms with E-state index >= 15 is 0 Å². The van der Waals surface area contributed by atoms with Crippen molar-refractivity contribution in [2.75, 3.05) is 19.6 Å². The topological polar surface area (TPSA) is 23.6 Å². The van der Waals surface area contributed by atoms with Crippen LogP contribution >= 0.6 is 27.3 Å². The zero-order valence-corrected chi connectivity index (χ0v) is 16.0. The summed E-state index contributed by atoms with van der Waals surface area (Å²) < 4.78 is 1.10. The summed E-state index contributed by atoms with van der Waals surface area (Å²) in [5.74, 6) is 0.287. The molecule has 1 aromatic heterocycles. The third-order valence-corrected chi connectivity index (χ3v) is 6.93. The molecule has 0 atom stereocenters. The fourth-order valence-corrected chi connectivity index (χ4v) is 4.95. The van der Waals surface area contributed by atoms with Crippen LogP contribution in [0.3, 0.4) is 0 Å². The molecule has 2 aliphatic rings. The van der Waals surface area contributed by atoms with Gasteiger partial charge in [-0.25, -0.2) is 0 Å². The van der Waals surface area contributed by atoms with Gasteiger partial charge in [0.2, 0.25) is 5.91 Å². The number of nitrogens with zero attached hydrogens (tertiary/aromatic N) is 2. The Morgan fingerprint density at radius 2 is 2.08 bits per heavy atom. The number of carbonyl (C=O) groups excluding carboxylic acids is 1. The van der Waals surface area contributed by atoms with Gasteiger partial charge in [0.1, 0.15) is 0 Å². The average molecular weight is 405 g/mol. The summed E-state index contributed by atoms with van der Waals surface area (Å²) in [6.07, 6.45) is 2.58. The lowest BCUT2D eigenvalue weighted by Gasteiger charge is -2.46. The molecule has 2 aliphatic heterocycles. The fraction of sp³-hybridized carbons (Fsp3) is 0.421. The second-order valence-corrected chi connectivity index (χ2v) is 8.49. The van der Waals surface area contributed by atoms with E-state index in [1.807, 2.05) is 34.4 Å². The SMILES string of the molecule is O=C(CCc1ccccc1Br)N1CC(N2CCc3sccc3C2)C1. The van der Waals surface area contributed by atoms with Crippen LogP contribution in [-0.2, 0) is 24.2 Å². The average Bonchev–Trinajstić information content (AvgIpc) is 3.00. The number of amides is 1. The van der Waals surface area contributed by atoms with E-state index in [0.29, 0.717) is 12.5 Å². The van der Waals surface area contributed by atoms with E-state index < -0.39 is 0 Å². The van der Waals surface area contributed by atoms with Crippen molar-refractivity contribution in [3.8, 4) is 0 Å². The molecule has 3 heterocycles. The number of fused-ring (bicyclic) bond motifs is 1. The molecule has 1 amide bonds. The fourth-order valence-electron chi connectivity index (χ4n) is 3.57. The number of hydrogen-bond donors (Lipinski definition) is 0. The van der Waals surface area contributed by atoms with Crippen LogP contribution in [0.5, 0.6) is 0 Å². The summed E-state index contributed by atoms with van der Waals surface area (Å²) >= 11 is 5.44. The first-order chi connectivity index (χ1) is 11.7. The summed E-state index contributed by atoms with van der Waals surface area (Å²) in [6, 6.07) is 11.0. The standard InChI is InChI=1S/C19H21BrN2OS/c20-17-4-2-1-3-14(17)5-6-19(23)22-12-16(13-22)21-9-7-18-15(11-21)8-10-24-18/h1-4,8,10,16H,5-7,9,11-13H2. The molecule has 0 radical (unpaired) electrons. The Morgan fingerprint density at radius 1 is 1.25 bits per heavy atom. The highest BCUT2D eigenvalue weighted by Gasteiger charge is 2.35. The monoisotopic (exact) mass is 404 g/mol. The van der Waals surface area contributed by atoms with Gasteiger partial charge in [0.15, 0.2) is 0 Å². The maximum Gasteiger partial charge on any atom is 0.223 e. The minimum Gasteiger partial charge on any atom is -0.339 e. The molecule has 2 aromatic rings. The van der Waals surface area contributed by atoms with Crippen molar-refractivity contribution in [2.45, 2.75) is 31.8 Å². The Bertz CT molecular complexity index is 738. The zero-order valence-electron chi connectivity index (χ0n) is 13.6. The number of halogens is 1. The highest BCUT2D eigenvalue weighted by Crippen LogP contribution is 2.28. The molecule has 126 valence electrons. The van der Waals surface area contributed by atoms with Gasteiger partial charge in [0.05, 0.1) is 0 Å². The van der Waals surface area contributed by atoms with Crippen LogP contribution in [0.25, 0.3) is 0 Å². The van der Waals surface area contributed by atoms with Gasteiger partial charge in [0, 0.05) is 48.0 Å². The first kappa shape index (κ1) is 16.3. The van der Waals surface area contributed by atoms with Crippen LogP contribution < -0.4 is 0 Å². The van der Waals surface area contributed by atoms with Gasteiger partial charge in [-0.1, -0.05) is 34.1 Å². The second-order valence-electron chi connectivity index (χ2n) is 6.63. The van der Waals surface area contributed by atoms with Crippen molar-refractivity contribution in [1.82, 2.24) is 9.80 Å². The van der Waals surface area contributed by atoms with Gasteiger partial charge < -0.3 is 4.90 Å². The molecule has 0 aliphatic carbocycles. The lowest BCUT2D eigenvalue weighted by atomic mass is 10.0. The highest BCUT2D eigenvalue weighted by atomic mass is 79.9. The van der Waals surface area contributed by atoms with Gasteiger partial charge in [-0.05, 0) is 41.5 Å². The molecule has 0 spiro atoms. The Kier molecular flexibility index (Phi) is 4.74. The first-order valence-corrected chi connectivity index (χ1v) is 10.2. The number of rotatable bonds is 4. The van der Waals surface area contributed by atoms with Gasteiger partial charge in [-0.3, -0.25) is 9.69 Å². The quantitative estimate of drug-likeness (QED) is 0.774. The van der Waals surface area contributed by atoms with Crippen LogP contribution in [0.2, 0.25) is 0 Å². The third-order valence-electron chi connectivity index (χ3n) is 5.13. The Balaban J connectivity index is 1.25. The Hall–Kier alpha value is -1.17. The smallest absolute Gasteiger partial charge is 0.223 e. The van der Waals surface area contributed by atoms with Crippen molar-refractivity contribution in [3.63, 3.8) is 0 Å². The van der Waals surface area contributed by atoms with Crippen molar-refractivity contribution in [1.29, 1.82) is 0 Å². The highest BCUT2D eigenvalue weighted by molar-refractivity contribution is 9.10. The van der Waals surface area contributed by atoms with Gasteiger partial charge in [0.25, 0.3) is 0 Å². The van der Waals surface area contributed by atoms with E-state index in [-0.39, 0.29) is 5.91 Å². The van der Waals surface area contributed by atoms with Gasteiger partial charge >= 0.3 is 0 Å².